The summed E-state index contributed by atoms with van der Waals surface area (Å²) in [7, 11) is 0. The minimum atomic E-state index is -0.566. The summed E-state index contributed by atoms with van der Waals surface area (Å²) in [5.41, 5.74) is 4.90. The van der Waals surface area contributed by atoms with Crippen molar-refractivity contribution in [1.82, 2.24) is 29.6 Å². The Bertz CT molecular complexity index is 1330. The van der Waals surface area contributed by atoms with E-state index in [9.17, 15) is 4.79 Å². The Balaban J connectivity index is 1.47. The summed E-state index contributed by atoms with van der Waals surface area (Å²) in [6, 6.07) is 16.0. The molecule has 3 aromatic heterocycles. The summed E-state index contributed by atoms with van der Waals surface area (Å²) in [5.74, 6) is 0.706. The highest BCUT2D eigenvalue weighted by molar-refractivity contribution is 5.71. The molecule has 0 fully saturated rings. The third-order valence-electron chi connectivity index (χ3n) is 5.64. The highest BCUT2D eigenvalue weighted by Crippen LogP contribution is 2.31. The lowest BCUT2D eigenvalue weighted by Gasteiger charge is -2.24. The smallest absolute Gasteiger partial charge is 0.410 e. The molecule has 0 aliphatic carbocycles. The lowest BCUT2D eigenvalue weighted by molar-refractivity contribution is 0.0241. The molecule has 8 heteroatoms. The van der Waals surface area contributed by atoms with Gasteiger partial charge < -0.3 is 4.74 Å². The van der Waals surface area contributed by atoms with Gasteiger partial charge in [-0.15, -0.1) is 0 Å². The van der Waals surface area contributed by atoms with E-state index in [0.29, 0.717) is 31.9 Å². The van der Waals surface area contributed by atoms with Gasteiger partial charge in [-0.05, 0) is 44.0 Å². The maximum absolute atomic E-state index is 12.8. The van der Waals surface area contributed by atoms with Crippen molar-refractivity contribution in [3.8, 4) is 11.4 Å². The van der Waals surface area contributed by atoms with Crippen molar-refractivity contribution in [1.29, 1.82) is 0 Å². The molecule has 4 heterocycles. The molecule has 0 saturated heterocycles. The first kappa shape index (κ1) is 22.7. The molecular weight excluding hydrogens is 440 g/mol. The first-order valence-corrected chi connectivity index (χ1v) is 11.7. The summed E-state index contributed by atoms with van der Waals surface area (Å²) in [6.45, 7) is 6.99. The molecule has 4 aromatic rings. The van der Waals surface area contributed by atoms with Gasteiger partial charge in [0, 0.05) is 30.6 Å². The molecule has 0 bridgehead atoms. The zero-order valence-electron chi connectivity index (χ0n) is 20.2. The van der Waals surface area contributed by atoms with Crippen LogP contribution in [0.25, 0.3) is 11.4 Å². The van der Waals surface area contributed by atoms with Crippen molar-refractivity contribution in [2.75, 3.05) is 0 Å². The molecule has 1 aromatic carbocycles. The fourth-order valence-electron chi connectivity index (χ4n) is 4.09. The second-order valence-corrected chi connectivity index (χ2v) is 9.67. The number of amides is 1. The van der Waals surface area contributed by atoms with Gasteiger partial charge in [0.2, 0.25) is 0 Å². The summed E-state index contributed by atoms with van der Waals surface area (Å²) in [4.78, 5) is 28.4. The number of benzene rings is 1. The SMILES string of the molecule is CC(C)(C)OC(=O)N1Cc2nc(Cc3ccccc3)nc(-c3ccn(Cc4cccnc4)n3)c2C1. The van der Waals surface area contributed by atoms with Crippen molar-refractivity contribution < 1.29 is 9.53 Å². The number of ether oxygens (including phenoxy) is 1. The van der Waals surface area contributed by atoms with Gasteiger partial charge >= 0.3 is 6.09 Å². The second-order valence-electron chi connectivity index (χ2n) is 9.67. The van der Waals surface area contributed by atoms with Gasteiger partial charge in [0.05, 0.1) is 31.0 Å². The minimum absolute atomic E-state index is 0.354. The van der Waals surface area contributed by atoms with Crippen LogP contribution in [0.15, 0.2) is 67.1 Å². The van der Waals surface area contributed by atoms with Crippen molar-refractivity contribution in [2.24, 2.45) is 0 Å². The minimum Gasteiger partial charge on any atom is -0.444 e. The average Bonchev–Trinajstić information content (AvgIpc) is 3.46. The van der Waals surface area contributed by atoms with Gasteiger partial charge in [-0.3, -0.25) is 14.6 Å². The van der Waals surface area contributed by atoms with E-state index >= 15 is 0 Å². The molecule has 178 valence electrons. The molecule has 0 N–H and O–H groups in total. The maximum Gasteiger partial charge on any atom is 0.410 e. The average molecular weight is 469 g/mol. The third kappa shape index (κ3) is 5.37. The Kier molecular flexibility index (Phi) is 6.03. The molecule has 8 nitrogen and oxygen atoms in total. The fraction of sp³-hybridized carbons (Fsp3) is 0.296. The number of hydrogen-bond donors (Lipinski definition) is 0. The number of rotatable bonds is 5. The van der Waals surface area contributed by atoms with E-state index < -0.39 is 5.60 Å². The van der Waals surface area contributed by atoms with Crippen molar-refractivity contribution in [3.63, 3.8) is 0 Å². The summed E-state index contributed by atoms with van der Waals surface area (Å²) >= 11 is 0. The standard InChI is InChI=1S/C27H28N6O2/c1-27(2,3)35-26(34)32-17-21-23(18-32)29-24(14-19-8-5-4-6-9-19)30-25(21)22-11-13-33(31-22)16-20-10-7-12-28-15-20/h4-13,15H,14,16-18H2,1-3H3. The fourth-order valence-corrected chi connectivity index (χ4v) is 4.09. The van der Waals surface area contributed by atoms with Gasteiger partial charge in [0.1, 0.15) is 17.1 Å². The number of carbonyl (C=O) groups is 1. The molecule has 0 spiro atoms. The predicted molar refractivity (Wildman–Crippen MR) is 131 cm³/mol. The van der Waals surface area contributed by atoms with Gasteiger partial charge in [0.25, 0.3) is 0 Å². The molecular formula is C27H28N6O2. The van der Waals surface area contributed by atoms with E-state index in [2.05, 4.69) is 17.1 Å². The largest absolute Gasteiger partial charge is 0.444 e. The third-order valence-corrected chi connectivity index (χ3v) is 5.64. The number of hydrogen-bond acceptors (Lipinski definition) is 6. The Morgan fingerprint density at radius 2 is 1.80 bits per heavy atom. The van der Waals surface area contributed by atoms with E-state index in [0.717, 1.165) is 33.8 Å². The topological polar surface area (TPSA) is 86.0 Å². The first-order valence-electron chi connectivity index (χ1n) is 11.7. The Labute approximate surface area is 204 Å². The zero-order chi connectivity index (χ0) is 24.4. The van der Waals surface area contributed by atoms with Crippen LogP contribution in [0.4, 0.5) is 4.79 Å². The lowest BCUT2D eigenvalue weighted by Crippen LogP contribution is -2.33. The van der Waals surface area contributed by atoms with Gasteiger partial charge in [-0.2, -0.15) is 5.10 Å². The molecule has 35 heavy (non-hydrogen) atoms. The monoisotopic (exact) mass is 468 g/mol. The summed E-state index contributed by atoms with van der Waals surface area (Å²) in [6.07, 6.45) is 5.78. The zero-order valence-corrected chi connectivity index (χ0v) is 20.2. The number of aromatic nitrogens is 5. The molecule has 1 amide bonds. The van der Waals surface area contributed by atoms with Crippen LogP contribution >= 0.6 is 0 Å². The van der Waals surface area contributed by atoms with E-state index in [4.69, 9.17) is 19.8 Å². The van der Waals surface area contributed by atoms with Gasteiger partial charge in [0.15, 0.2) is 0 Å². The molecule has 0 unspecified atom stereocenters. The van der Waals surface area contributed by atoms with E-state index in [1.807, 2.05) is 74.2 Å². The van der Waals surface area contributed by atoms with Crippen LogP contribution in [0.3, 0.4) is 0 Å². The summed E-state index contributed by atoms with van der Waals surface area (Å²) in [5, 5.41) is 4.79. The predicted octanol–water partition coefficient (Wildman–Crippen LogP) is 4.62. The first-order chi connectivity index (χ1) is 16.8. The molecule has 1 aliphatic heterocycles. The van der Waals surface area contributed by atoms with E-state index in [1.54, 1.807) is 11.1 Å². The van der Waals surface area contributed by atoms with Crippen LogP contribution in [0.1, 0.15) is 49.0 Å². The van der Waals surface area contributed by atoms with Crippen LogP contribution < -0.4 is 0 Å². The van der Waals surface area contributed by atoms with Gasteiger partial charge in [-0.25, -0.2) is 14.8 Å². The Morgan fingerprint density at radius 1 is 1.00 bits per heavy atom. The highest BCUT2D eigenvalue weighted by Gasteiger charge is 2.32. The molecule has 5 rings (SSSR count). The van der Waals surface area contributed by atoms with Gasteiger partial charge in [-0.1, -0.05) is 36.4 Å². The van der Waals surface area contributed by atoms with Crippen LogP contribution in [-0.4, -0.2) is 41.3 Å². The lowest BCUT2D eigenvalue weighted by atomic mass is 10.1. The van der Waals surface area contributed by atoms with Crippen LogP contribution in [0, 0.1) is 0 Å². The van der Waals surface area contributed by atoms with Crippen LogP contribution in [0.2, 0.25) is 0 Å². The molecule has 0 atom stereocenters. The van der Waals surface area contributed by atoms with E-state index in [-0.39, 0.29) is 6.09 Å². The van der Waals surface area contributed by atoms with Crippen LogP contribution in [-0.2, 0) is 30.8 Å². The normalized spacial score (nSPS) is 13.1. The number of carbonyl (C=O) groups excluding carboxylic acids is 1. The quantitative estimate of drug-likeness (QED) is 0.425. The maximum atomic E-state index is 12.8. The summed E-state index contributed by atoms with van der Waals surface area (Å²) < 4.78 is 7.48. The highest BCUT2D eigenvalue weighted by atomic mass is 16.6. The molecule has 0 saturated carbocycles. The number of pyridine rings is 1. The molecule has 0 radical (unpaired) electrons. The van der Waals surface area contributed by atoms with Crippen LogP contribution in [0.5, 0.6) is 0 Å². The molecule has 1 aliphatic rings. The van der Waals surface area contributed by atoms with Crippen molar-refractivity contribution >= 4 is 6.09 Å². The Morgan fingerprint density at radius 3 is 2.54 bits per heavy atom. The van der Waals surface area contributed by atoms with Crippen molar-refractivity contribution in [2.45, 2.75) is 52.4 Å². The number of nitrogens with zero attached hydrogens (tertiary/aromatic N) is 6. The second kappa shape index (κ2) is 9.29. The van der Waals surface area contributed by atoms with Crippen molar-refractivity contribution in [3.05, 3.63) is 95.3 Å². The van der Waals surface area contributed by atoms with E-state index in [1.165, 1.54) is 0 Å². The Hall–Kier alpha value is -4.07. The number of fused-ring (bicyclic) bond motifs is 1.